The zero-order chi connectivity index (χ0) is 19.4. The lowest BCUT2D eigenvalue weighted by Crippen LogP contribution is -1.88. The van der Waals surface area contributed by atoms with E-state index in [0.717, 1.165) is 22.2 Å². The summed E-state index contributed by atoms with van der Waals surface area (Å²) in [7, 11) is 0. The van der Waals surface area contributed by atoms with Gasteiger partial charge in [0, 0.05) is 36.3 Å². The molecule has 0 unspecified atom stereocenters. The quantitative estimate of drug-likeness (QED) is 0.271. The summed E-state index contributed by atoms with van der Waals surface area (Å²) in [6.45, 7) is 0. The summed E-state index contributed by atoms with van der Waals surface area (Å²) in [5, 5.41) is 6.40. The van der Waals surface area contributed by atoms with Crippen LogP contribution in [0.2, 0.25) is 0 Å². The van der Waals surface area contributed by atoms with Gasteiger partial charge in [-0.2, -0.15) is 0 Å². The van der Waals surface area contributed by atoms with Crippen molar-refractivity contribution in [1.29, 1.82) is 0 Å². The Morgan fingerprint density at radius 2 is 1.40 bits per heavy atom. The van der Waals surface area contributed by atoms with Crippen molar-refractivity contribution in [3.05, 3.63) is 78.9 Å². The number of hydrogen-bond donors (Lipinski definition) is 0. The third-order valence-electron chi connectivity index (χ3n) is 6.30. The summed E-state index contributed by atoms with van der Waals surface area (Å²) in [5.74, 6) is 0. The van der Waals surface area contributed by atoms with Crippen LogP contribution >= 0.6 is 11.3 Å². The molecule has 0 N–H and O–H groups in total. The van der Waals surface area contributed by atoms with Crippen molar-refractivity contribution < 1.29 is 0 Å². The van der Waals surface area contributed by atoms with E-state index in [2.05, 4.69) is 65.1 Å². The van der Waals surface area contributed by atoms with Gasteiger partial charge in [-0.05, 0) is 30.3 Å². The van der Waals surface area contributed by atoms with E-state index < -0.39 is 0 Å². The monoisotopic (exact) mass is 399 g/mol. The molecule has 0 amide bonds. The summed E-state index contributed by atoms with van der Waals surface area (Å²) in [4.78, 5) is 10.2. The van der Waals surface area contributed by atoms with Gasteiger partial charge in [-0.1, -0.05) is 48.5 Å². The van der Waals surface area contributed by atoms with Gasteiger partial charge in [-0.25, -0.2) is 9.97 Å². The van der Waals surface area contributed by atoms with E-state index in [-0.39, 0.29) is 0 Å². The first-order chi connectivity index (χ1) is 14.9. The molecule has 0 saturated heterocycles. The Kier molecular flexibility index (Phi) is 2.54. The van der Waals surface area contributed by atoms with Crippen molar-refractivity contribution in [2.75, 3.05) is 0 Å². The molecule has 0 atom stereocenters. The van der Waals surface area contributed by atoms with E-state index in [9.17, 15) is 0 Å². The Bertz CT molecular complexity index is 1960. The molecule has 8 aromatic rings. The van der Waals surface area contributed by atoms with Crippen molar-refractivity contribution in [2.45, 2.75) is 0 Å². The second-order valence-electron chi connectivity index (χ2n) is 7.86. The predicted molar refractivity (Wildman–Crippen MR) is 127 cm³/mol. The zero-order valence-electron chi connectivity index (χ0n) is 15.8. The molecule has 4 aromatic carbocycles. The van der Waals surface area contributed by atoms with Gasteiger partial charge >= 0.3 is 0 Å². The van der Waals surface area contributed by atoms with E-state index >= 15 is 0 Å². The molecule has 0 saturated carbocycles. The maximum absolute atomic E-state index is 5.12. The van der Waals surface area contributed by atoms with E-state index in [0.29, 0.717) is 0 Å². The average molecular weight is 399 g/mol. The van der Waals surface area contributed by atoms with Crippen molar-refractivity contribution in [1.82, 2.24) is 14.4 Å². The number of benzene rings is 4. The van der Waals surface area contributed by atoms with Crippen LogP contribution in [0.5, 0.6) is 0 Å². The molecule has 0 bridgehead atoms. The molecule has 3 nitrogen and oxygen atoms in total. The third-order valence-corrected chi connectivity index (χ3v) is 7.51. The minimum Gasteiger partial charge on any atom is -0.291 e. The summed E-state index contributed by atoms with van der Waals surface area (Å²) in [6.07, 6.45) is 0. The Balaban J connectivity index is 1.80. The fraction of sp³-hybridized carbons (Fsp3) is 0. The van der Waals surface area contributed by atoms with Crippen LogP contribution in [0.25, 0.3) is 69.6 Å². The number of aromatic nitrogens is 3. The van der Waals surface area contributed by atoms with E-state index in [1.54, 1.807) is 0 Å². The zero-order valence-corrected chi connectivity index (χ0v) is 16.6. The highest BCUT2D eigenvalue weighted by Crippen LogP contribution is 2.46. The minimum atomic E-state index is 0.933. The van der Waals surface area contributed by atoms with Crippen LogP contribution in [-0.4, -0.2) is 14.4 Å². The molecule has 0 radical (unpaired) electrons. The van der Waals surface area contributed by atoms with Gasteiger partial charge in [0.25, 0.3) is 0 Å². The lowest BCUT2D eigenvalue weighted by atomic mass is 10.1. The molecule has 0 aliphatic rings. The van der Waals surface area contributed by atoms with Crippen molar-refractivity contribution >= 4 is 80.9 Å². The predicted octanol–water partition coefficient (Wildman–Crippen LogP) is 7.15. The van der Waals surface area contributed by atoms with Gasteiger partial charge in [0.15, 0.2) is 5.65 Å². The van der Waals surface area contributed by atoms with Crippen LogP contribution in [0.15, 0.2) is 78.9 Å². The highest BCUT2D eigenvalue weighted by Gasteiger charge is 2.23. The molecule has 4 heterocycles. The van der Waals surface area contributed by atoms with Crippen molar-refractivity contribution in [3.63, 3.8) is 0 Å². The number of thiophene rings is 1. The standard InChI is InChI=1S/C26H13N3S/c1-5-11-20-14(7-1)16-13-17-15-8-2-6-12-21(15)30-25(17)22-23-26(29(20)24(16)22)28-19-10-4-3-9-18(19)27-23/h1-13H. The maximum Gasteiger partial charge on any atom is 0.165 e. The maximum atomic E-state index is 5.12. The van der Waals surface area contributed by atoms with E-state index in [1.807, 2.05) is 29.5 Å². The normalized spacial score (nSPS) is 12.7. The first kappa shape index (κ1) is 15.1. The van der Waals surface area contributed by atoms with Gasteiger partial charge in [0.05, 0.1) is 22.1 Å². The van der Waals surface area contributed by atoms with Crippen LogP contribution in [0.1, 0.15) is 0 Å². The van der Waals surface area contributed by atoms with Crippen LogP contribution in [0.4, 0.5) is 0 Å². The Morgan fingerprint density at radius 1 is 0.667 bits per heavy atom. The summed E-state index contributed by atoms with van der Waals surface area (Å²) >= 11 is 1.86. The number of nitrogens with zero attached hydrogens (tertiary/aromatic N) is 3. The largest absolute Gasteiger partial charge is 0.291 e. The van der Waals surface area contributed by atoms with Crippen molar-refractivity contribution in [2.24, 2.45) is 0 Å². The smallest absolute Gasteiger partial charge is 0.165 e. The molecule has 138 valence electrons. The summed E-state index contributed by atoms with van der Waals surface area (Å²) < 4.78 is 4.93. The third kappa shape index (κ3) is 1.64. The molecule has 30 heavy (non-hydrogen) atoms. The second kappa shape index (κ2) is 5.04. The summed E-state index contributed by atoms with van der Waals surface area (Å²) in [5.41, 5.74) is 6.25. The van der Waals surface area contributed by atoms with Gasteiger partial charge in [0.2, 0.25) is 0 Å². The van der Waals surface area contributed by atoms with Crippen LogP contribution in [-0.2, 0) is 0 Å². The van der Waals surface area contributed by atoms with Gasteiger partial charge < -0.3 is 0 Å². The number of hydrogen-bond acceptors (Lipinski definition) is 3. The van der Waals surface area contributed by atoms with Gasteiger partial charge in [0.1, 0.15) is 5.52 Å². The van der Waals surface area contributed by atoms with Crippen LogP contribution in [0.3, 0.4) is 0 Å². The van der Waals surface area contributed by atoms with Crippen molar-refractivity contribution in [3.8, 4) is 0 Å². The Morgan fingerprint density at radius 3 is 2.30 bits per heavy atom. The summed E-state index contributed by atoms with van der Waals surface area (Å²) in [6, 6.07) is 27.9. The molecule has 0 aliphatic carbocycles. The van der Waals surface area contributed by atoms with E-state index in [1.165, 1.54) is 47.4 Å². The fourth-order valence-electron chi connectivity index (χ4n) is 5.06. The lowest BCUT2D eigenvalue weighted by Gasteiger charge is -2.00. The highest BCUT2D eigenvalue weighted by atomic mass is 32.1. The molecule has 0 spiro atoms. The molecular weight excluding hydrogens is 386 g/mol. The number of para-hydroxylation sites is 3. The molecule has 4 aromatic heterocycles. The lowest BCUT2D eigenvalue weighted by molar-refractivity contribution is 1.28. The molecule has 8 rings (SSSR count). The van der Waals surface area contributed by atoms with Gasteiger partial charge in [-0.3, -0.25) is 4.40 Å². The average Bonchev–Trinajstić information content (AvgIpc) is 3.43. The minimum absolute atomic E-state index is 0.933. The van der Waals surface area contributed by atoms with Crippen LogP contribution < -0.4 is 0 Å². The highest BCUT2D eigenvalue weighted by molar-refractivity contribution is 7.26. The van der Waals surface area contributed by atoms with Gasteiger partial charge in [-0.15, -0.1) is 11.3 Å². The molecular formula is C26H13N3S. The molecule has 0 fully saturated rings. The Labute approximate surface area is 174 Å². The van der Waals surface area contributed by atoms with E-state index in [4.69, 9.17) is 9.97 Å². The SMILES string of the molecule is c1ccc2nc3c(nc2c1)c1c2sc4ccccc4c2cc2c4ccccc4n3c21. The fourth-order valence-corrected chi connectivity index (χ4v) is 6.29. The Hall–Kier alpha value is -3.76. The topological polar surface area (TPSA) is 30.2 Å². The molecule has 0 aliphatic heterocycles. The second-order valence-corrected chi connectivity index (χ2v) is 8.91. The first-order valence-electron chi connectivity index (χ1n) is 10.0. The number of fused-ring (bicyclic) bond motifs is 11. The van der Waals surface area contributed by atoms with Crippen LogP contribution in [0, 0.1) is 0 Å². The first-order valence-corrected chi connectivity index (χ1v) is 10.8. The number of rotatable bonds is 0. The molecule has 4 heteroatoms.